The molecule has 0 saturated carbocycles. The topological polar surface area (TPSA) is 88.1 Å². The number of carbonyl (C=O) groups excluding carboxylic acids is 1. The van der Waals surface area contributed by atoms with Crippen molar-refractivity contribution in [2.45, 2.75) is 44.9 Å². The Morgan fingerprint density at radius 3 is 2.20 bits per heavy atom. The molecule has 0 spiro atoms. The molecule has 0 aliphatic rings. The van der Waals surface area contributed by atoms with Gasteiger partial charge in [0, 0.05) is 25.3 Å². The smallest absolute Gasteiger partial charge is 0.416 e. The fraction of sp³-hybridized carbons (Fsp3) is 0.355. The highest BCUT2D eigenvalue weighted by atomic mass is 19.4. The van der Waals surface area contributed by atoms with Crippen molar-refractivity contribution in [3.8, 4) is 5.75 Å². The first kappa shape index (κ1) is 31.5. The van der Waals surface area contributed by atoms with Crippen molar-refractivity contribution in [2.75, 3.05) is 31.6 Å². The Labute approximate surface area is 237 Å². The standard InChI is InChI=1S/C31H35F3N2O5/c1-2-40-28(29(37)38)22-24-11-17-27(18-12-24)41-21-20-36(19-7-6-10-23-8-4-3-5-9-23)30(39)35-26-15-13-25(14-16-26)31(32,33)34/h3-5,8-9,11-18,28H,2,6-7,10,19-22H2,1H3,(H,35,39)(H,37,38). The Balaban J connectivity index is 1.56. The Bertz CT molecular complexity index is 1220. The van der Waals surface area contributed by atoms with E-state index in [1.54, 1.807) is 36.1 Å². The van der Waals surface area contributed by atoms with Gasteiger partial charge >= 0.3 is 18.2 Å². The van der Waals surface area contributed by atoms with E-state index in [0.717, 1.165) is 37.0 Å². The number of carboxylic acid groups (broad SMARTS) is 1. The second-order valence-corrected chi connectivity index (χ2v) is 9.41. The maximum Gasteiger partial charge on any atom is 0.416 e. The van der Waals surface area contributed by atoms with E-state index in [0.29, 0.717) is 18.9 Å². The van der Waals surface area contributed by atoms with Gasteiger partial charge in [0.05, 0.1) is 12.1 Å². The quantitative estimate of drug-likeness (QED) is 0.199. The van der Waals surface area contributed by atoms with Crippen LogP contribution in [0.4, 0.5) is 23.7 Å². The van der Waals surface area contributed by atoms with E-state index >= 15 is 0 Å². The van der Waals surface area contributed by atoms with E-state index in [2.05, 4.69) is 5.32 Å². The molecule has 7 nitrogen and oxygen atoms in total. The Morgan fingerprint density at radius 1 is 0.902 bits per heavy atom. The summed E-state index contributed by atoms with van der Waals surface area (Å²) in [4.78, 5) is 25.9. The van der Waals surface area contributed by atoms with Gasteiger partial charge in [-0.2, -0.15) is 13.2 Å². The van der Waals surface area contributed by atoms with Crippen LogP contribution in [0.15, 0.2) is 78.9 Å². The van der Waals surface area contributed by atoms with Gasteiger partial charge in [-0.1, -0.05) is 42.5 Å². The number of nitrogens with zero attached hydrogens (tertiary/aromatic N) is 1. The number of aryl methyl sites for hydroxylation is 1. The third-order valence-electron chi connectivity index (χ3n) is 6.35. The predicted molar refractivity (Wildman–Crippen MR) is 150 cm³/mol. The summed E-state index contributed by atoms with van der Waals surface area (Å²) in [6.07, 6.45) is -2.70. The van der Waals surface area contributed by atoms with Crippen LogP contribution in [-0.4, -0.2) is 54.4 Å². The van der Waals surface area contributed by atoms with Gasteiger partial charge in [0.25, 0.3) is 0 Å². The number of ether oxygens (including phenoxy) is 2. The number of alkyl halides is 3. The molecule has 1 atom stereocenters. The number of amides is 2. The fourth-order valence-corrected chi connectivity index (χ4v) is 4.16. The summed E-state index contributed by atoms with van der Waals surface area (Å²) >= 11 is 0. The molecule has 0 aliphatic carbocycles. The first-order valence-electron chi connectivity index (χ1n) is 13.5. The zero-order valence-electron chi connectivity index (χ0n) is 22.9. The van der Waals surface area contributed by atoms with Crippen LogP contribution >= 0.6 is 0 Å². The first-order chi connectivity index (χ1) is 19.7. The number of nitrogens with one attached hydrogen (secondary N) is 1. The number of unbranched alkanes of at least 4 members (excludes halogenated alkanes) is 1. The molecule has 2 amide bonds. The molecule has 0 aromatic heterocycles. The molecule has 3 rings (SSSR count). The number of rotatable bonds is 15. The van der Waals surface area contributed by atoms with Crippen molar-refractivity contribution in [1.82, 2.24) is 4.90 Å². The minimum absolute atomic E-state index is 0.190. The maximum atomic E-state index is 13.0. The molecule has 1 unspecified atom stereocenters. The lowest BCUT2D eigenvalue weighted by molar-refractivity contribution is -0.150. The van der Waals surface area contributed by atoms with E-state index in [1.807, 2.05) is 30.3 Å². The molecular weight excluding hydrogens is 537 g/mol. The predicted octanol–water partition coefficient (Wildman–Crippen LogP) is 6.67. The van der Waals surface area contributed by atoms with Crippen LogP contribution in [0, 0.1) is 0 Å². The molecule has 0 heterocycles. The van der Waals surface area contributed by atoms with Gasteiger partial charge in [0.2, 0.25) is 0 Å². The van der Waals surface area contributed by atoms with Crippen molar-refractivity contribution >= 4 is 17.7 Å². The number of hydrogen-bond acceptors (Lipinski definition) is 4. The molecule has 41 heavy (non-hydrogen) atoms. The van der Waals surface area contributed by atoms with Crippen molar-refractivity contribution in [3.63, 3.8) is 0 Å². The van der Waals surface area contributed by atoms with Gasteiger partial charge in [0.15, 0.2) is 6.10 Å². The zero-order chi connectivity index (χ0) is 29.7. The molecule has 2 N–H and O–H groups in total. The normalized spacial score (nSPS) is 12.0. The summed E-state index contributed by atoms with van der Waals surface area (Å²) in [5, 5.41) is 12.0. The van der Waals surface area contributed by atoms with Crippen molar-refractivity contribution in [3.05, 3.63) is 95.6 Å². The number of carboxylic acids is 1. The summed E-state index contributed by atoms with van der Waals surface area (Å²) in [7, 11) is 0. The molecule has 220 valence electrons. The highest BCUT2D eigenvalue weighted by Gasteiger charge is 2.30. The summed E-state index contributed by atoms with van der Waals surface area (Å²) < 4.78 is 49.7. The van der Waals surface area contributed by atoms with E-state index in [4.69, 9.17) is 9.47 Å². The number of hydrogen-bond donors (Lipinski definition) is 2. The Kier molecular flexibility index (Phi) is 12.0. The van der Waals surface area contributed by atoms with Crippen LogP contribution in [-0.2, 0) is 28.5 Å². The van der Waals surface area contributed by atoms with Crippen LogP contribution in [0.1, 0.15) is 36.5 Å². The summed E-state index contributed by atoms with van der Waals surface area (Å²) in [6.45, 7) is 2.92. The summed E-state index contributed by atoms with van der Waals surface area (Å²) in [5.74, 6) is -0.463. The Hall–Kier alpha value is -4.05. The number of aliphatic carboxylic acids is 1. The van der Waals surface area contributed by atoms with Crippen molar-refractivity contribution in [2.24, 2.45) is 0 Å². The van der Waals surface area contributed by atoms with Gasteiger partial charge in [-0.25, -0.2) is 9.59 Å². The van der Waals surface area contributed by atoms with Crippen LogP contribution in [0.5, 0.6) is 5.75 Å². The lowest BCUT2D eigenvalue weighted by Crippen LogP contribution is -2.38. The van der Waals surface area contributed by atoms with Gasteiger partial charge < -0.3 is 24.8 Å². The number of urea groups is 1. The third-order valence-corrected chi connectivity index (χ3v) is 6.35. The van der Waals surface area contributed by atoms with Crippen molar-refractivity contribution < 1.29 is 37.3 Å². The van der Waals surface area contributed by atoms with Crippen LogP contribution < -0.4 is 10.1 Å². The van der Waals surface area contributed by atoms with Gasteiger partial charge in [-0.05, 0) is 73.7 Å². The van der Waals surface area contributed by atoms with Crippen molar-refractivity contribution in [1.29, 1.82) is 0 Å². The molecule has 3 aromatic rings. The van der Waals surface area contributed by atoms with E-state index in [9.17, 15) is 27.9 Å². The van der Waals surface area contributed by atoms with E-state index in [1.165, 1.54) is 17.7 Å². The lowest BCUT2D eigenvalue weighted by Gasteiger charge is -2.23. The SMILES string of the molecule is CCOC(Cc1ccc(OCCN(CCCCc2ccccc2)C(=O)Nc2ccc(C(F)(F)F)cc2)cc1)C(=O)O. The average Bonchev–Trinajstić information content (AvgIpc) is 2.95. The molecule has 0 bridgehead atoms. The number of halogens is 3. The van der Waals surface area contributed by atoms with Crippen LogP contribution in [0.25, 0.3) is 0 Å². The van der Waals surface area contributed by atoms with Crippen LogP contribution in [0.2, 0.25) is 0 Å². The molecular formula is C31H35F3N2O5. The highest BCUT2D eigenvalue weighted by molar-refractivity contribution is 5.89. The first-order valence-corrected chi connectivity index (χ1v) is 13.5. The molecule has 0 fully saturated rings. The van der Waals surface area contributed by atoms with Gasteiger partial charge in [0.1, 0.15) is 12.4 Å². The second kappa shape index (κ2) is 15.7. The fourth-order valence-electron chi connectivity index (χ4n) is 4.16. The number of benzene rings is 3. The van der Waals surface area contributed by atoms with E-state index < -0.39 is 29.8 Å². The third kappa shape index (κ3) is 10.8. The monoisotopic (exact) mass is 572 g/mol. The molecule has 0 saturated heterocycles. The summed E-state index contributed by atoms with van der Waals surface area (Å²) in [5.41, 5.74) is 1.47. The number of anilines is 1. The Morgan fingerprint density at radius 2 is 1.59 bits per heavy atom. The van der Waals surface area contributed by atoms with Crippen LogP contribution in [0.3, 0.4) is 0 Å². The molecule has 0 aliphatic heterocycles. The lowest BCUT2D eigenvalue weighted by atomic mass is 10.1. The minimum Gasteiger partial charge on any atom is -0.492 e. The average molecular weight is 573 g/mol. The highest BCUT2D eigenvalue weighted by Crippen LogP contribution is 2.29. The van der Waals surface area contributed by atoms with Gasteiger partial charge in [-0.3, -0.25) is 0 Å². The molecule has 10 heteroatoms. The maximum absolute atomic E-state index is 13.0. The number of carbonyl (C=O) groups is 2. The summed E-state index contributed by atoms with van der Waals surface area (Å²) in [6, 6.07) is 20.9. The minimum atomic E-state index is -4.45. The second-order valence-electron chi connectivity index (χ2n) is 9.41. The molecule has 3 aromatic carbocycles. The zero-order valence-corrected chi connectivity index (χ0v) is 22.9. The van der Waals surface area contributed by atoms with E-state index in [-0.39, 0.29) is 25.3 Å². The van der Waals surface area contributed by atoms with Gasteiger partial charge in [-0.15, -0.1) is 0 Å². The largest absolute Gasteiger partial charge is 0.492 e. The molecule has 0 radical (unpaired) electrons.